The summed E-state index contributed by atoms with van der Waals surface area (Å²) < 4.78 is 8.52. The number of carboxylic acids is 1. The molecule has 0 atom stereocenters. The summed E-state index contributed by atoms with van der Waals surface area (Å²) in [6.07, 6.45) is 2.17. The fraction of sp³-hybridized carbons (Fsp3) is 0. The average Bonchev–Trinajstić information content (AvgIpc) is 2.05. The molecule has 0 aromatic carbocycles. The van der Waals surface area contributed by atoms with Crippen LogP contribution in [0.15, 0.2) is 24.2 Å². The lowest BCUT2D eigenvalue weighted by Gasteiger charge is -2.03. The van der Waals surface area contributed by atoms with Gasteiger partial charge in [-0.15, -0.1) is 0 Å². The Bertz CT molecular complexity index is 324. The highest BCUT2D eigenvalue weighted by Crippen LogP contribution is 2.03. The van der Waals surface area contributed by atoms with E-state index in [-0.39, 0.29) is 0 Å². The topological polar surface area (TPSA) is 89.9 Å². The van der Waals surface area contributed by atoms with Crippen molar-refractivity contribution in [3.05, 3.63) is 24.2 Å². The van der Waals surface area contributed by atoms with Crippen molar-refractivity contribution >= 4 is 17.9 Å². The van der Waals surface area contributed by atoms with Crippen LogP contribution in [0.3, 0.4) is 0 Å². The largest absolute Gasteiger partial charge is 0.475 e. The predicted molar refractivity (Wildman–Crippen MR) is 37.0 cm³/mol. The van der Waals surface area contributed by atoms with E-state index in [9.17, 15) is 14.4 Å². The Kier molecular flexibility index (Phi) is 2.44. The van der Waals surface area contributed by atoms with Gasteiger partial charge in [-0.3, -0.25) is 0 Å². The summed E-state index contributed by atoms with van der Waals surface area (Å²) in [4.78, 5) is 31.6. The summed E-state index contributed by atoms with van der Waals surface area (Å²) in [5.41, 5.74) is 0. The van der Waals surface area contributed by atoms with Gasteiger partial charge < -0.3 is 14.6 Å². The number of cyclic esters (lactones) is 2. The van der Waals surface area contributed by atoms with Crippen molar-refractivity contribution in [2.24, 2.45) is 0 Å². The van der Waals surface area contributed by atoms with E-state index in [0.29, 0.717) is 6.26 Å². The lowest BCUT2D eigenvalue weighted by atomic mass is 10.4. The Morgan fingerprint density at radius 3 is 2.46 bits per heavy atom. The van der Waals surface area contributed by atoms with E-state index in [4.69, 9.17) is 5.11 Å². The van der Waals surface area contributed by atoms with Gasteiger partial charge in [0.2, 0.25) is 0 Å². The van der Waals surface area contributed by atoms with E-state index < -0.39 is 23.7 Å². The Hall–Kier alpha value is -2.11. The SMILES string of the molecule is O=C1/C=C\C(=O)O/C(C(=O)O)=C\O1. The lowest BCUT2D eigenvalue weighted by molar-refractivity contribution is -0.146. The third-order valence-electron chi connectivity index (χ3n) is 1.06. The first-order valence-corrected chi connectivity index (χ1v) is 3.13. The monoisotopic (exact) mass is 184 g/mol. The molecule has 13 heavy (non-hydrogen) atoms. The van der Waals surface area contributed by atoms with Gasteiger partial charge in [0, 0.05) is 12.2 Å². The average molecular weight is 184 g/mol. The number of esters is 2. The molecule has 0 saturated carbocycles. The lowest BCUT2D eigenvalue weighted by Crippen LogP contribution is -2.13. The van der Waals surface area contributed by atoms with E-state index in [0.717, 1.165) is 12.2 Å². The van der Waals surface area contributed by atoms with Gasteiger partial charge >= 0.3 is 17.9 Å². The number of carbonyl (C=O) groups is 3. The third kappa shape index (κ3) is 2.44. The smallest absolute Gasteiger partial charge is 0.375 e. The molecule has 0 aliphatic carbocycles. The molecule has 1 N–H and O–H groups in total. The summed E-state index contributed by atoms with van der Waals surface area (Å²) in [5, 5.41) is 8.40. The van der Waals surface area contributed by atoms with Crippen LogP contribution < -0.4 is 0 Å². The maximum Gasteiger partial charge on any atom is 0.375 e. The first-order chi connectivity index (χ1) is 6.09. The zero-order chi connectivity index (χ0) is 9.84. The molecule has 0 saturated heterocycles. The molecule has 0 spiro atoms. The summed E-state index contributed by atoms with van der Waals surface area (Å²) in [6, 6.07) is 0. The Labute approximate surface area is 72.0 Å². The van der Waals surface area contributed by atoms with Gasteiger partial charge in [0.25, 0.3) is 5.76 Å². The highest BCUT2D eigenvalue weighted by atomic mass is 16.6. The second-order valence-corrected chi connectivity index (χ2v) is 1.98. The van der Waals surface area contributed by atoms with Crippen LogP contribution in [-0.2, 0) is 23.9 Å². The third-order valence-corrected chi connectivity index (χ3v) is 1.06. The molecule has 6 nitrogen and oxygen atoms in total. The molecule has 68 valence electrons. The van der Waals surface area contributed by atoms with Crippen LogP contribution >= 0.6 is 0 Å². The highest BCUT2D eigenvalue weighted by Gasteiger charge is 2.16. The van der Waals surface area contributed by atoms with Gasteiger partial charge in [0.15, 0.2) is 0 Å². The number of ether oxygens (including phenoxy) is 2. The fourth-order valence-corrected chi connectivity index (χ4v) is 0.547. The summed E-state index contributed by atoms with van der Waals surface area (Å²) in [7, 11) is 0. The molecule has 0 radical (unpaired) electrons. The van der Waals surface area contributed by atoms with E-state index in [1.54, 1.807) is 0 Å². The number of carbonyl (C=O) groups excluding carboxylic acids is 2. The zero-order valence-electron chi connectivity index (χ0n) is 6.22. The summed E-state index contributed by atoms with van der Waals surface area (Å²) in [6.45, 7) is 0. The van der Waals surface area contributed by atoms with Crippen molar-refractivity contribution < 1.29 is 29.0 Å². The molecule has 0 fully saturated rings. The molecule has 0 amide bonds. The fourth-order valence-electron chi connectivity index (χ4n) is 0.547. The summed E-state index contributed by atoms with van der Waals surface area (Å²) >= 11 is 0. The Morgan fingerprint density at radius 1 is 1.23 bits per heavy atom. The van der Waals surface area contributed by atoms with Gasteiger partial charge in [-0.25, -0.2) is 14.4 Å². The Morgan fingerprint density at radius 2 is 1.85 bits per heavy atom. The number of aliphatic carboxylic acids is 1. The molecule has 1 heterocycles. The first-order valence-electron chi connectivity index (χ1n) is 3.13. The van der Waals surface area contributed by atoms with Crippen molar-refractivity contribution in [3.63, 3.8) is 0 Å². The molecule has 0 aromatic rings. The van der Waals surface area contributed by atoms with Crippen LogP contribution in [0.2, 0.25) is 0 Å². The molecule has 0 aromatic heterocycles. The molecule has 0 bridgehead atoms. The molecule has 0 unspecified atom stereocenters. The number of hydrogen-bond acceptors (Lipinski definition) is 5. The van der Waals surface area contributed by atoms with E-state index in [1.165, 1.54) is 0 Å². The first kappa shape index (κ1) is 8.98. The maximum atomic E-state index is 10.7. The molecular formula is C7H4O6. The second-order valence-electron chi connectivity index (χ2n) is 1.98. The van der Waals surface area contributed by atoms with Crippen LogP contribution in [0.25, 0.3) is 0 Å². The number of hydrogen-bond donors (Lipinski definition) is 1. The minimum Gasteiger partial charge on any atom is -0.475 e. The minimum atomic E-state index is -1.49. The van der Waals surface area contributed by atoms with E-state index in [2.05, 4.69) is 9.47 Å². The molecule has 1 aliphatic heterocycles. The second kappa shape index (κ2) is 3.53. The van der Waals surface area contributed by atoms with Crippen molar-refractivity contribution in [2.45, 2.75) is 0 Å². The molecular weight excluding hydrogens is 180 g/mol. The van der Waals surface area contributed by atoms with Crippen molar-refractivity contribution in [3.8, 4) is 0 Å². The standard InChI is InChI=1S/C7H4O6/c8-5-1-2-6(9)13-4(3-12-5)7(10)11/h1-3H,(H,10,11)/b2-1-,4-3-. The van der Waals surface area contributed by atoms with E-state index in [1.807, 2.05) is 0 Å². The quantitative estimate of drug-likeness (QED) is 0.556. The molecule has 6 heteroatoms. The van der Waals surface area contributed by atoms with Gasteiger partial charge in [-0.2, -0.15) is 0 Å². The van der Waals surface area contributed by atoms with Crippen LogP contribution in [0, 0.1) is 0 Å². The summed E-state index contributed by atoms with van der Waals surface area (Å²) in [5.74, 6) is -4.00. The van der Waals surface area contributed by atoms with Crippen LogP contribution in [0.5, 0.6) is 0 Å². The highest BCUT2D eigenvalue weighted by molar-refractivity contribution is 5.96. The van der Waals surface area contributed by atoms with Crippen molar-refractivity contribution in [1.82, 2.24) is 0 Å². The minimum absolute atomic E-state index is 0.562. The Balaban J connectivity index is 2.88. The molecule has 1 aliphatic rings. The number of rotatable bonds is 1. The van der Waals surface area contributed by atoms with Gasteiger partial charge in [-0.05, 0) is 0 Å². The van der Waals surface area contributed by atoms with Crippen molar-refractivity contribution in [2.75, 3.05) is 0 Å². The van der Waals surface area contributed by atoms with Crippen LogP contribution in [0.4, 0.5) is 0 Å². The van der Waals surface area contributed by atoms with Gasteiger partial charge in [-0.1, -0.05) is 0 Å². The van der Waals surface area contributed by atoms with Gasteiger partial charge in [0.05, 0.1) is 0 Å². The van der Waals surface area contributed by atoms with Gasteiger partial charge in [0.1, 0.15) is 6.26 Å². The van der Waals surface area contributed by atoms with Crippen LogP contribution in [-0.4, -0.2) is 23.0 Å². The predicted octanol–water partition coefficient (Wildman–Crippen LogP) is -0.431. The maximum absolute atomic E-state index is 10.7. The number of carboxylic acid groups (broad SMARTS) is 1. The normalized spacial score (nSPS) is 22.9. The molecule has 1 rings (SSSR count). The van der Waals surface area contributed by atoms with E-state index >= 15 is 0 Å². The zero-order valence-corrected chi connectivity index (χ0v) is 6.22. The van der Waals surface area contributed by atoms with Crippen molar-refractivity contribution in [1.29, 1.82) is 0 Å². The van der Waals surface area contributed by atoms with Crippen LogP contribution in [0.1, 0.15) is 0 Å².